The van der Waals surface area contributed by atoms with Crippen molar-refractivity contribution in [3.63, 3.8) is 0 Å². The van der Waals surface area contributed by atoms with E-state index in [2.05, 4.69) is 29.2 Å². The van der Waals surface area contributed by atoms with Gasteiger partial charge in [0.2, 0.25) is 0 Å². The van der Waals surface area contributed by atoms with E-state index in [1.807, 2.05) is 48.7 Å². The van der Waals surface area contributed by atoms with Gasteiger partial charge in [0.1, 0.15) is 0 Å². The van der Waals surface area contributed by atoms with Gasteiger partial charge in [-0.1, -0.05) is 48.5 Å². The third kappa shape index (κ3) is 1.74. The molecule has 0 radical (unpaired) electrons. The molecule has 2 heterocycles. The van der Waals surface area contributed by atoms with Gasteiger partial charge in [0.15, 0.2) is 0 Å². The van der Waals surface area contributed by atoms with E-state index in [0.29, 0.717) is 0 Å². The molecule has 2 heteroatoms. The summed E-state index contributed by atoms with van der Waals surface area (Å²) in [6.07, 6.45) is 1.84. The van der Waals surface area contributed by atoms with E-state index in [-0.39, 0.29) is 0 Å². The van der Waals surface area contributed by atoms with Crippen LogP contribution in [0.25, 0.3) is 33.1 Å². The molecule has 0 spiro atoms. The van der Waals surface area contributed by atoms with Gasteiger partial charge in [-0.2, -0.15) is 0 Å². The minimum absolute atomic E-state index is 0.917. The summed E-state index contributed by atoms with van der Waals surface area (Å²) in [5, 5.41) is 3.47. The summed E-state index contributed by atoms with van der Waals surface area (Å²) in [5.41, 5.74) is 2.86. The lowest BCUT2D eigenvalue weighted by molar-refractivity contribution is 1.30. The van der Waals surface area contributed by atoms with Gasteiger partial charge in [0, 0.05) is 17.0 Å². The van der Waals surface area contributed by atoms with Crippen molar-refractivity contribution < 1.29 is 0 Å². The number of nitrogens with zero attached hydrogens (tertiary/aromatic N) is 2. The Hall–Kier alpha value is -2.74. The summed E-state index contributed by atoms with van der Waals surface area (Å²) < 4.78 is 0. The standard InChI is InChI=1S/C18H12N2/c1-3-7-15-13(5-1)11-12-19-18(15)17-10-9-14-6-2-4-8-16(14)20-17/h1-12H. The van der Waals surface area contributed by atoms with E-state index < -0.39 is 0 Å². The van der Waals surface area contributed by atoms with Crippen molar-refractivity contribution in [2.75, 3.05) is 0 Å². The van der Waals surface area contributed by atoms with Crippen molar-refractivity contribution in [3.8, 4) is 11.4 Å². The predicted octanol–water partition coefficient (Wildman–Crippen LogP) is 4.45. The molecule has 94 valence electrons. The van der Waals surface area contributed by atoms with E-state index in [4.69, 9.17) is 4.98 Å². The average molecular weight is 256 g/mol. The van der Waals surface area contributed by atoms with E-state index in [9.17, 15) is 0 Å². The second kappa shape index (κ2) is 4.42. The highest BCUT2D eigenvalue weighted by molar-refractivity contribution is 5.94. The average Bonchev–Trinajstić information content (AvgIpc) is 2.54. The summed E-state index contributed by atoms with van der Waals surface area (Å²) in [5.74, 6) is 0. The largest absolute Gasteiger partial charge is 0.254 e. The fourth-order valence-corrected chi connectivity index (χ4v) is 2.52. The number of rotatable bonds is 1. The topological polar surface area (TPSA) is 25.8 Å². The smallest absolute Gasteiger partial charge is 0.0964 e. The Bertz CT molecular complexity index is 908. The molecule has 4 rings (SSSR count). The van der Waals surface area contributed by atoms with Crippen molar-refractivity contribution >= 4 is 21.7 Å². The van der Waals surface area contributed by atoms with E-state index in [0.717, 1.165) is 27.7 Å². The summed E-state index contributed by atoms with van der Waals surface area (Å²) in [6.45, 7) is 0. The van der Waals surface area contributed by atoms with Crippen LogP contribution in [0, 0.1) is 0 Å². The molecule has 2 aromatic carbocycles. The van der Waals surface area contributed by atoms with Crippen molar-refractivity contribution in [2.24, 2.45) is 0 Å². The summed E-state index contributed by atoms with van der Waals surface area (Å²) in [7, 11) is 0. The van der Waals surface area contributed by atoms with Gasteiger partial charge >= 0.3 is 0 Å². The minimum atomic E-state index is 0.917. The highest BCUT2D eigenvalue weighted by atomic mass is 14.8. The van der Waals surface area contributed by atoms with Crippen molar-refractivity contribution in [1.29, 1.82) is 0 Å². The molecule has 2 aromatic heterocycles. The number of pyridine rings is 2. The second-order valence-corrected chi connectivity index (χ2v) is 4.77. The third-order valence-corrected chi connectivity index (χ3v) is 3.51. The van der Waals surface area contributed by atoms with Gasteiger partial charge in [0.05, 0.1) is 16.9 Å². The van der Waals surface area contributed by atoms with Crippen LogP contribution in [-0.2, 0) is 0 Å². The van der Waals surface area contributed by atoms with Gasteiger partial charge in [-0.25, -0.2) is 4.98 Å². The molecule has 0 saturated heterocycles. The molecule has 0 aliphatic heterocycles. The van der Waals surface area contributed by atoms with Crippen LogP contribution < -0.4 is 0 Å². The second-order valence-electron chi connectivity index (χ2n) is 4.77. The van der Waals surface area contributed by atoms with Crippen LogP contribution in [0.3, 0.4) is 0 Å². The zero-order chi connectivity index (χ0) is 13.4. The van der Waals surface area contributed by atoms with Crippen LogP contribution in [0.2, 0.25) is 0 Å². The predicted molar refractivity (Wildman–Crippen MR) is 82.5 cm³/mol. The first-order valence-electron chi connectivity index (χ1n) is 6.62. The Morgan fingerprint density at radius 3 is 2.40 bits per heavy atom. The molecule has 0 aliphatic rings. The maximum Gasteiger partial charge on any atom is 0.0964 e. The molecule has 0 aliphatic carbocycles. The van der Waals surface area contributed by atoms with Crippen molar-refractivity contribution in [1.82, 2.24) is 9.97 Å². The molecular weight excluding hydrogens is 244 g/mol. The molecule has 0 unspecified atom stereocenters. The molecule has 2 nitrogen and oxygen atoms in total. The van der Waals surface area contributed by atoms with Gasteiger partial charge < -0.3 is 0 Å². The Labute approximate surface area is 116 Å². The molecule has 0 N–H and O–H groups in total. The quantitative estimate of drug-likeness (QED) is 0.503. The molecule has 0 saturated carbocycles. The number of benzene rings is 2. The third-order valence-electron chi connectivity index (χ3n) is 3.51. The summed E-state index contributed by atoms with van der Waals surface area (Å²) in [6, 6.07) is 22.6. The van der Waals surface area contributed by atoms with Gasteiger partial charge in [-0.05, 0) is 23.6 Å². The molecule has 0 fully saturated rings. The van der Waals surface area contributed by atoms with Gasteiger partial charge in [-0.15, -0.1) is 0 Å². The summed E-state index contributed by atoms with van der Waals surface area (Å²) in [4.78, 5) is 9.25. The van der Waals surface area contributed by atoms with Crippen LogP contribution in [0.1, 0.15) is 0 Å². The fourth-order valence-electron chi connectivity index (χ4n) is 2.52. The van der Waals surface area contributed by atoms with Crippen LogP contribution >= 0.6 is 0 Å². The zero-order valence-electron chi connectivity index (χ0n) is 10.8. The molecular formula is C18H12N2. The minimum Gasteiger partial charge on any atom is -0.254 e. The van der Waals surface area contributed by atoms with E-state index in [1.165, 1.54) is 5.39 Å². The number of para-hydroxylation sites is 1. The van der Waals surface area contributed by atoms with Gasteiger partial charge in [-0.3, -0.25) is 4.98 Å². The number of aromatic nitrogens is 2. The molecule has 0 atom stereocenters. The number of hydrogen-bond donors (Lipinski definition) is 0. The van der Waals surface area contributed by atoms with Crippen molar-refractivity contribution in [2.45, 2.75) is 0 Å². The molecule has 0 amide bonds. The van der Waals surface area contributed by atoms with Gasteiger partial charge in [0.25, 0.3) is 0 Å². The van der Waals surface area contributed by atoms with Crippen LogP contribution in [0.5, 0.6) is 0 Å². The molecule has 4 aromatic rings. The van der Waals surface area contributed by atoms with Crippen LogP contribution in [0.4, 0.5) is 0 Å². The first kappa shape index (κ1) is 11.1. The lowest BCUT2D eigenvalue weighted by Gasteiger charge is -2.06. The lowest BCUT2D eigenvalue weighted by atomic mass is 10.1. The lowest BCUT2D eigenvalue weighted by Crippen LogP contribution is -1.89. The van der Waals surface area contributed by atoms with Crippen LogP contribution in [0.15, 0.2) is 72.9 Å². The highest BCUT2D eigenvalue weighted by Gasteiger charge is 2.06. The van der Waals surface area contributed by atoms with Crippen LogP contribution in [-0.4, -0.2) is 9.97 Å². The Kier molecular flexibility index (Phi) is 2.46. The van der Waals surface area contributed by atoms with E-state index in [1.54, 1.807) is 0 Å². The first-order valence-corrected chi connectivity index (χ1v) is 6.62. The maximum absolute atomic E-state index is 4.73. The Balaban J connectivity index is 2.01. The Morgan fingerprint density at radius 2 is 1.45 bits per heavy atom. The van der Waals surface area contributed by atoms with Crippen molar-refractivity contribution in [3.05, 3.63) is 72.9 Å². The molecule has 20 heavy (non-hydrogen) atoms. The SMILES string of the molecule is c1ccc2nc(-c3nccc4ccccc34)ccc2c1. The monoisotopic (exact) mass is 256 g/mol. The maximum atomic E-state index is 4.73. The summed E-state index contributed by atoms with van der Waals surface area (Å²) >= 11 is 0. The van der Waals surface area contributed by atoms with E-state index >= 15 is 0 Å². The number of fused-ring (bicyclic) bond motifs is 2. The normalized spacial score (nSPS) is 11.0. The highest BCUT2D eigenvalue weighted by Crippen LogP contribution is 2.26. The number of hydrogen-bond acceptors (Lipinski definition) is 2. The zero-order valence-corrected chi connectivity index (χ0v) is 10.8. The fraction of sp³-hybridized carbons (Fsp3) is 0. The molecule has 0 bridgehead atoms. The Morgan fingerprint density at radius 1 is 0.650 bits per heavy atom. The first-order chi connectivity index (χ1) is 9.92.